The summed E-state index contributed by atoms with van der Waals surface area (Å²) in [5.41, 5.74) is -6.72. The molecule has 0 aliphatic carbocycles. The summed E-state index contributed by atoms with van der Waals surface area (Å²) in [6.07, 6.45) is 0. The third-order valence-electron chi connectivity index (χ3n) is 8.54. The number of benzene rings is 7. The molecule has 0 atom stereocenters. The third-order valence-corrected chi connectivity index (χ3v) is 8.54. The number of rotatable bonds is 4. The molecule has 0 bridgehead atoms. The van der Waals surface area contributed by atoms with E-state index in [0.717, 1.165) is 13.7 Å². The van der Waals surface area contributed by atoms with Crippen molar-refractivity contribution in [3.05, 3.63) is 175 Å². The zero-order chi connectivity index (χ0) is 58.7. The number of para-hydroxylation sites is 6. The zero-order valence-electron chi connectivity index (χ0n) is 54.2. The van der Waals surface area contributed by atoms with E-state index in [1.54, 1.807) is 0 Å². The molecule has 244 valence electrons. The summed E-state index contributed by atoms with van der Waals surface area (Å²) < 4.78 is 256. The predicted octanol–water partition coefficient (Wildman–Crippen LogP) is 11.7. The number of hydrogen-bond acceptors (Lipinski definition) is 2. The molecule has 0 spiro atoms. The Balaban J connectivity index is 1.49. The van der Waals surface area contributed by atoms with Gasteiger partial charge >= 0.3 is 0 Å². The molecule has 52 heavy (non-hydrogen) atoms. The fourth-order valence-corrected chi connectivity index (χ4v) is 6.44. The van der Waals surface area contributed by atoms with E-state index in [1.807, 2.05) is 0 Å². The van der Waals surface area contributed by atoms with Gasteiger partial charge < -0.3 is 4.57 Å². The molecule has 0 unspecified atom stereocenters. The molecule has 11 rings (SSSR count). The maximum Gasteiger partial charge on any atom is 0.237 e. The van der Waals surface area contributed by atoms with Crippen LogP contribution in [-0.4, -0.2) is 23.7 Å². The summed E-state index contributed by atoms with van der Waals surface area (Å²) in [5, 5.41) is -2.95. The molecule has 5 heteroatoms. The quantitative estimate of drug-likeness (QED) is 0.184. The van der Waals surface area contributed by atoms with Gasteiger partial charge in [0.1, 0.15) is 5.82 Å². The van der Waals surface area contributed by atoms with Crippen LogP contribution in [0.3, 0.4) is 0 Å². The van der Waals surface area contributed by atoms with Crippen molar-refractivity contribution in [2.75, 3.05) is 0 Å². The highest BCUT2D eigenvalue weighted by Gasteiger charge is 2.21. The van der Waals surface area contributed by atoms with Gasteiger partial charge in [-0.15, -0.1) is 0 Å². The molecular formula is C47H31N5. The van der Waals surface area contributed by atoms with Crippen molar-refractivity contribution in [3.8, 4) is 28.7 Å². The normalized spacial score (nSPS) is 19.5. The van der Waals surface area contributed by atoms with Gasteiger partial charge in [-0.05, 0) is 55.3 Å². The van der Waals surface area contributed by atoms with Crippen molar-refractivity contribution in [2.24, 2.45) is 0 Å². The Morgan fingerprint density at radius 3 is 1.42 bits per heavy atom. The highest BCUT2D eigenvalue weighted by Crippen LogP contribution is 2.39. The molecule has 4 aromatic heterocycles. The van der Waals surface area contributed by atoms with Crippen molar-refractivity contribution >= 4 is 65.4 Å². The van der Waals surface area contributed by atoms with Crippen LogP contribution in [0, 0.1) is 6.92 Å². The van der Waals surface area contributed by atoms with Gasteiger partial charge in [0, 0.05) is 43.9 Å². The summed E-state index contributed by atoms with van der Waals surface area (Å²) in [6.45, 7) is 1.31. The van der Waals surface area contributed by atoms with Crippen LogP contribution in [-0.2, 0) is 0 Å². The molecule has 0 aliphatic rings. The van der Waals surface area contributed by atoms with Gasteiger partial charge in [0.2, 0.25) is 5.95 Å². The Bertz CT molecular complexity index is 4590. The van der Waals surface area contributed by atoms with E-state index in [-0.39, 0.29) is 10.9 Å². The lowest BCUT2D eigenvalue weighted by molar-refractivity contribution is 0.951. The summed E-state index contributed by atoms with van der Waals surface area (Å²) in [5.74, 6) is -1.88. The Labute approximate surface area is 338 Å². The molecule has 7 aromatic carbocycles. The number of fused-ring (bicyclic) bond motifs is 9. The van der Waals surface area contributed by atoms with Gasteiger partial charge in [-0.3, -0.25) is 9.13 Å². The third kappa shape index (κ3) is 4.11. The van der Waals surface area contributed by atoms with E-state index in [4.69, 9.17) is 24.7 Å². The van der Waals surface area contributed by atoms with Gasteiger partial charge in [-0.25, -0.2) is 4.98 Å². The lowest BCUT2D eigenvalue weighted by atomic mass is 10.1. The van der Waals surface area contributed by atoms with E-state index in [2.05, 4.69) is 9.97 Å². The second-order valence-electron chi connectivity index (χ2n) is 11.4. The van der Waals surface area contributed by atoms with E-state index in [1.165, 1.54) is 6.92 Å². The Morgan fingerprint density at radius 1 is 0.404 bits per heavy atom. The summed E-state index contributed by atoms with van der Waals surface area (Å²) in [7, 11) is 0. The Hall–Kier alpha value is -6.98. The minimum absolute atomic E-state index is 0.127. The summed E-state index contributed by atoms with van der Waals surface area (Å²) in [6, 6.07) is -24.9. The molecule has 5 nitrogen and oxygen atoms in total. The monoisotopic (exact) mass is 693 g/mol. The van der Waals surface area contributed by atoms with Gasteiger partial charge in [0.05, 0.1) is 82.9 Å². The lowest BCUT2D eigenvalue weighted by Crippen LogP contribution is -2.08. The van der Waals surface area contributed by atoms with Crippen LogP contribution in [0.15, 0.2) is 169 Å². The van der Waals surface area contributed by atoms with Crippen LogP contribution >= 0.6 is 0 Å². The van der Waals surface area contributed by atoms with Crippen molar-refractivity contribution in [1.82, 2.24) is 23.7 Å². The SMILES string of the molecule is [2H]c1c(-c2c([2H])c([2H])c([2H])c([2H])c2-n2c3c([2H])c([2H])c([2H])c([2H])c3c3c([2H])c([2H])c([2H])c([2H])c32)nc(-n2c3c([2H])c([2H])c([2H])c([2H])c3c3c([2H])c(C)c([2H])c([2H])c32)nc1-n1c2c([2H])c([2H])c([2H])c([2H])c2c2c([2H])c([2H])c([2H])c([2H])c21. The molecule has 0 aliphatic heterocycles. The Morgan fingerprint density at radius 2 is 0.846 bits per heavy atom. The lowest BCUT2D eigenvalue weighted by Gasteiger charge is -2.16. The van der Waals surface area contributed by atoms with E-state index in [9.17, 15) is 13.7 Å². The van der Waals surface area contributed by atoms with Crippen LogP contribution in [0.1, 0.15) is 43.9 Å². The van der Waals surface area contributed by atoms with Crippen LogP contribution in [0.5, 0.6) is 0 Å². The molecule has 11 aromatic rings. The van der Waals surface area contributed by atoms with Gasteiger partial charge in [-0.1, -0.05) is 120 Å². The second-order valence-corrected chi connectivity index (χ2v) is 11.4. The average molecular weight is 694 g/mol. The molecule has 0 saturated carbocycles. The van der Waals surface area contributed by atoms with Crippen molar-refractivity contribution in [2.45, 2.75) is 6.92 Å². The first kappa shape index (κ1) is 12.7. The molecule has 0 fully saturated rings. The Kier molecular flexibility index (Phi) is 2.68. The maximum absolute atomic E-state index is 10.2. The minimum Gasteiger partial charge on any atom is -0.309 e. The van der Waals surface area contributed by atoms with Crippen molar-refractivity contribution < 1.29 is 38.4 Å². The van der Waals surface area contributed by atoms with Crippen molar-refractivity contribution in [1.29, 1.82) is 0 Å². The fraction of sp³-hybridized carbons (Fsp3) is 0.0213. The van der Waals surface area contributed by atoms with E-state index < -0.39 is 258 Å². The number of hydrogen-bond donors (Lipinski definition) is 0. The molecule has 0 saturated heterocycles. The maximum atomic E-state index is 10.2. The van der Waals surface area contributed by atoms with Gasteiger partial charge in [0.15, 0.2) is 0 Å². The van der Waals surface area contributed by atoms with Crippen LogP contribution in [0.2, 0.25) is 0 Å². The second kappa shape index (κ2) is 11.0. The molecule has 4 heterocycles. The first-order chi connectivity index (χ1) is 37.4. The van der Waals surface area contributed by atoms with E-state index >= 15 is 0 Å². The number of aromatic nitrogens is 5. The predicted molar refractivity (Wildman–Crippen MR) is 215 cm³/mol. The largest absolute Gasteiger partial charge is 0.309 e. The van der Waals surface area contributed by atoms with Crippen LogP contribution in [0.4, 0.5) is 0 Å². The smallest absolute Gasteiger partial charge is 0.237 e. The molecule has 0 N–H and O–H groups in total. The van der Waals surface area contributed by atoms with Crippen LogP contribution < -0.4 is 0 Å². The van der Waals surface area contributed by atoms with Gasteiger partial charge in [-0.2, -0.15) is 4.98 Å². The standard InChI is InChI=1S/C47H31N5/c1-30-26-27-45-37(28-30)35-18-6-12-24-43(35)52(45)47-48-38(29-46(49-47)51-41-22-10-4-16-33(41)34-17-5-11-23-42(34)51)36-19-7-13-25-44(36)50-39-20-8-2-14-31(39)32-15-3-9-21-40(32)50/h2-29H,1H3/i2D,3D,4D,5D,6D,7D,8D,9D,10D,11D,12D,13D,14D,15D,16D,17D,18D,19D,20D,21D,22D,23D,24D,25D,26D,27D,28D,29D. The van der Waals surface area contributed by atoms with E-state index in [0.29, 0.717) is 0 Å². The summed E-state index contributed by atoms with van der Waals surface area (Å²) >= 11 is 0. The fourth-order valence-electron chi connectivity index (χ4n) is 6.44. The topological polar surface area (TPSA) is 40.6 Å². The first-order valence-electron chi connectivity index (χ1n) is 29.4. The average Bonchev–Trinajstić information content (AvgIpc) is 4.30. The molecule has 0 amide bonds. The number of nitrogens with zero attached hydrogens (tertiary/aromatic N) is 5. The van der Waals surface area contributed by atoms with Gasteiger partial charge in [0.25, 0.3) is 0 Å². The summed E-state index contributed by atoms with van der Waals surface area (Å²) in [4.78, 5) is 9.36. The molecule has 0 radical (unpaired) electrons. The highest BCUT2D eigenvalue weighted by atomic mass is 15.2. The van der Waals surface area contributed by atoms with Crippen LogP contribution in [0.25, 0.3) is 94.1 Å². The first-order valence-corrected chi connectivity index (χ1v) is 15.4. The molecular weight excluding hydrogens is 635 g/mol. The van der Waals surface area contributed by atoms with Crippen molar-refractivity contribution in [3.63, 3.8) is 0 Å². The highest BCUT2D eigenvalue weighted by molar-refractivity contribution is 6.11. The minimum atomic E-state index is -1.12. The zero-order valence-corrected chi connectivity index (χ0v) is 26.2.